The average molecular weight is 330 g/mol. The monoisotopic (exact) mass is 330 g/mol. The Kier molecular flexibility index (Phi) is 21.0. The van der Waals surface area contributed by atoms with E-state index in [4.69, 9.17) is 0 Å². The molecule has 0 amide bonds. The van der Waals surface area contributed by atoms with Gasteiger partial charge in [0.15, 0.2) is 6.67 Å². The highest BCUT2D eigenvalue weighted by atomic mass is 19.4. The second-order valence-corrected chi connectivity index (χ2v) is 2.93. The maximum atomic E-state index is 11.1. The summed E-state index contributed by atoms with van der Waals surface area (Å²) in [5.41, 5.74) is 0. The van der Waals surface area contributed by atoms with Gasteiger partial charge in [0.2, 0.25) is 0 Å². The summed E-state index contributed by atoms with van der Waals surface area (Å²) < 4.78 is 109. The summed E-state index contributed by atoms with van der Waals surface area (Å²) in [5, 5.41) is 0. The minimum Gasteiger partial charge on any atom is -0.255 e. The van der Waals surface area contributed by atoms with Gasteiger partial charge in [-0.15, -0.1) is 0 Å². The molecule has 0 heterocycles. The largest absolute Gasteiger partial charge is 0.389 e. The Morgan fingerprint density at radius 3 is 0.850 bits per heavy atom. The first-order valence-corrected chi connectivity index (χ1v) is 4.22. The lowest BCUT2D eigenvalue weighted by atomic mass is 10.3. The van der Waals surface area contributed by atoms with Crippen LogP contribution in [0, 0.1) is 0 Å². The zero-order valence-electron chi connectivity index (χ0n) is 9.40. The molecule has 0 bridgehead atoms. The number of halogens is 10. The quantitative estimate of drug-likeness (QED) is 0.517. The van der Waals surface area contributed by atoms with Gasteiger partial charge in [-0.3, -0.25) is 4.39 Å². The molecule has 0 aliphatic rings. The topological polar surface area (TPSA) is 0 Å². The molecule has 0 aliphatic heterocycles. The Morgan fingerprint density at radius 1 is 0.650 bits per heavy atom. The lowest BCUT2D eigenvalue weighted by Gasteiger charge is -2.07. The molecule has 0 saturated carbocycles. The highest BCUT2D eigenvalue weighted by Crippen LogP contribution is 2.29. The fourth-order valence-electron chi connectivity index (χ4n) is 0.283. The maximum Gasteiger partial charge on any atom is 0.389 e. The van der Waals surface area contributed by atoms with Crippen LogP contribution in [0.25, 0.3) is 0 Å². The molecule has 0 atom stereocenters. The van der Waals surface area contributed by atoms with E-state index in [0.717, 1.165) is 0 Å². The standard InChI is InChI=1S/C4H4F6.C3H5F3.CH3F.2CH4/c5-3(6,7)1-2-4(8,9)10;1-3(5,6)2-4;1-2;;/h1-2H2;2H2,1H3;1H3;2*1H4. The van der Waals surface area contributed by atoms with E-state index >= 15 is 0 Å². The van der Waals surface area contributed by atoms with Crippen molar-refractivity contribution in [3.63, 3.8) is 0 Å². The second kappa shape index (κ2) is 13.3. The van der Waals surface area contributed by atoms with Gasteiger partial charge in [-0.2, -0.15) is 26.3 Å². The zero-order valence-corrected chi connectivity index (χ0v) is 9.40. The number of rotatable bonds is 2. The minimum atomic E-state index is -4.71. The van der Waals surface area contributed by atoms with Crippen LogP contribution in [0.3, 0.4) is 0 Å². The number of hydrogen-bond acceptors (Lipinski definition) is 0. The fraction of sp³-hybridized carbons (Fsp3) is 1.00. The maximum absolute atomic E-state index is 11.1. The summed E-state index contributed by atoms with van der Waals surface area (Å²) in [6.07, 6.45) is -13.0. The van der Waals surface area contributed by atoms with E-state index in [1.165, 1.54) is 0 Å². The second-order valence-electron chi connectivity index (χ2n) is 2.93. The number of alkyl halides is 10. The molecule has 0 aromatic rings. The summed E-state index contributed by atoms with van der Waals surface area (Å²) >= 11 is 0. The van der Waals surface area contributed by atoms with Crippen molar-refractivity contribution in [2.24, 2.45) is 0 Å². The first-order valence-electron chi connectivity index (χ1n) is 4.22. The molecule has 0 aliphatic carbocycles. The zero-order chi connectivity index (χ0) is 15.6. The van der Waals surface area contributed by atoms with Crippen LogP contribution in [0.5, 0.6) is 0 Å². The van der Waals surface area contributed by atoms with E-state index in [-0.39, 0.29) is 14.9 Å². The predicted molar refractivity (Wildman–Crippen MR) is 58.4 cm³/mol. The van der Waals surface area contributed by atoms with E-state index < -0.39 is 37.8 Å². The summed E-state index contributed by atoms with van der Waals surface area (Å²) in [6, 6.07) is 0. The minimum absolute atomic E-state index is 0. The number of hydrogen-bond donors (Lipinski definition) is 0. The normalized spacial score (nSPS) is 10.8. The lowest BCUT2D eigenvalue weighted by molar-refractivity contribution is -0.183. The van der Waals surface area contributed by atoms with Gasteiger partial charge in [0.1, 0.15) is 0 Å². The molecular formula is C10H20F10. The van der Waals surface area contributed by atoms with Crippen LogP contribution < -0.4 is 0 Å². The molecule has 20 heavy (non-hydrogen) atoms. The van der Waals surface area contributed by atoms with Crippen LogP contribution in [0.1, 0.15) is 34.6 Å². The van der Waals surface area contributed by atoms with Crippen LogP contribution in [0.4, 0.5) is 43.9 Å². The molecule has 0 rings (SSSR count). The summed E-state index contributed by atoms with van der Waals surface area (Å²) in [7, 11) is 0.500. The van der Waals surface area contributed by atoms with E-state index in [2.05, 4.69) is 0 Å². The molecule has 0 radical (unpaired) electrons. The predicted octanol–water partition coefficient (Wildman–Crippen LogP) is 6.36. The highest BCUT2D eigenvalue weighted by Gasteiger charge is 2.36. The first-order chi connectivity index (χ1) is 7.77. The van der Waals surface area contributed by atoms with E-state index in [1.807, 2.05) is 0 Å². The van der Waals surface area contributed by atoms with Crippen molar-refractivity contribution in [2.45, 2.75) is 52.9 Å². The first kappa shape index (κ1) is 31.6. The smallest absolute Gasteiger partial charge is 0.255 e. The molecule has 0 aromatic heterocycles. The van der Waals surface area contributed by atoms with Crippen LogP contribution in [-0.4, -0.2) is 32.1 Å². The molecule has 0 spiro atoms. The third-order valence-electron chi connectivity index (χ3n) is 0.927. The van der Waals surface area contributed by atoms with Crippen molar-refractivity contribution < 1.29 is 43.9 Å². The van der Waals surface area contributed by atoms with Crippen molar-refractivity contribution in [2.75, 3.05) is 13.9 Å². The van der Waals surface area contributed by atoms with Gasteiger partial charge in [-0.25, -0.2) is 13.2 Å². The molecule has 10 heteroatoms. The molecule has 0 saturated heterocycles. The van der Waals surface area contributed by atoms with Crippen molar-refractivity contribution in [3.8, 4) is 0 Å². The molecule has 130 valence electrons. The molecule has 0 fully saturated rings. The molecule has 0 aromatic carbocycles. The van der Waals surface area contributed by atoms with Crippen LogP contribution >= 0.6 is 0 Å². The van der Waals surface area contributed by atoms with Crippen LogP contribution in [-0.2, 0) is 0 Å². The third-order valence-corrected chi connectivity index (χ3v) is 0.927. The van der Waals surface area contributed by atoms with Crippen molar-refractivity contribution in [3.05, 3.63) is 0 Å². The Balaban J connectivity index is -0.0000000656. The van der Waals surface area contributed by atoms with Crippen molar-refractivity contribution in [1.29, 1.82) is 0 Å². The summed E-state index contributed by atoms with van der Waals surface area (Å²) in [4.78, 5) is 0. The van der Waals surface area contributed by atoms with Gasteiger partial charge < -0.3 is 0 Å². The summed E-state index contributed by atoms with van der Waals surface area (Å²) in [5.74, 6) is -3.12. The molecule has 0 N–H and O–H groups in total. The van der Waals surface area contributed by atoms with E-state index in [9.17, 15) is 43.9 Å². The van der Waals surface area contributed by atoms with Gasteiger partial charge in [-0.05, 0) is 0 Å². The Bertz CT molecular complexity index is 162. The lowest BCUT2D eigenvalue weighted by Crippen LogP contribution is -2.15. The van der Waals surface area contributed by atoms with Gasteiger partial charge in [0.25, 0.3) is 5.92 Å². The molecular weight excluding hydrogens is 310 g/mol. The highest BCUT2D eigenvalue weighted by molar-refractivity contribution is 4.56. The van der Waals surface area contributed by atoms with Crippen molar-refractivity contribution >= 4 is 0 Å². The van der Waals surface area contributed by atoms with Gasteiger partial charge in [-0.1, -0.05) is 14.9 Å². The van der Waals surface area contributed by atoms with Crippen LogP contribution in [0.15, 0.2) is 0 Å². The third kappa shape index (κ3) is 53.1. The van der Waals surface area contributed by atoms with Gasteiger partial charge >= 0.3 is 12.4 Å². The Labute approximate surface area is 112 Å². The molecule has 0 unspecified atom stereocenters. The Morgan fingerprint density at radius 2 is 0.800 bits per heavy atom. The Hall–Kier alpha value is -0.700. The van der Waals surface area contributed by atoms with E-state index in [0.29, 0.717) is 14.1 Å². The summed E-state index contributed by atoms with van der Waals surface area (Å²) in [6.45, 7) is -1.03. The average Bonchev–Trinajstić information content (AvgIpc) is 2.16. The SMILES string of the molecule is C.C.CC(F)(F)CF.CF.FC(F)(F)CCC(F)(F)F. The molecule has 0 nitrogen and oxygen atoms in total. The van der Waals surface area contributed by atoms with E-state index in [1.54, 1.807) is 0 Å². The van der Waals surface area contributed by atoms with Crippen LogP contribution in [0.2, 0.25) is 0 Å². The van der Waals surface area contributed by atoms with Gasteiger partial charge in [0.05, 0.1) is 20.0 Å². The van der Waals surface area contributed by atoms with Crippen molar-refractivity contribution in [1.82, 2.24) is 0 Å². The van der Waals surface area contributed by atoms with Gasteiger partial charge in [0, 0.05) is 6.92 Å². The fourth-order valence-corrected chi connectivity index (χ4v) is 0.283.